The summed E-state index contributed by atoms with van der Waals surface area (Å²) in [5.74, 6) is -0.327. The molecule has 134 valence electrons. The summed E-state index contributed by atoms with van der Waals surface area (Å²) in [7, 11) is 1.50. The van der Waals surface area contributed by atoms with Crippen LogP contribution < -0.4 is 15.4 Å². The van der Waals surface area contributed by atoms with Gasteiger partial charge in [-0.05, 0) is 24.5 Å². The van der Waals surface area contributed by atoms with Gasteiger partial charge in [0.15, 0.2) is 0 Å². The number of aromatic nitrogens is 2. The van der Waals surface area contributed by atoms with E-state index >= 15 is 0 Å². The van der Waals surface area contributed by atoms with Gasteiger partial charge in [0.2, 0.25) is 11.0 Å². The summed E-state index contributed by atoms with van der Waals surface area (Å²) in [5.41, 5.74) is 0.382. The van der Waals surface area contributed by atoms with E-state index in [0.29, 0.717) is 16.4 Å². The van der Waals surface area contributed by atoms with Crippen LogP contribution in [0.5, 0.6) is 5.75 Å². The van der Waals surface area contributed by atoms with E-state index in [1.807, 2.05) is 20.8 Å². The Bertz CT molecular complexity index is 745. The molecule has 25 heavy (non-hydrogen) atoms. The highest BCUT2D eigenvalue weighted by Gasteiger charge is 2.26. The number of carbonyl (C=O) groups is 2. The van der Waals surface area contributed by atoms with Gasteiger partial charge in [0.1, 0.15) is 16.8 Å². The van der Waals surface area contributed by atoms with Crippen molar-refractivity contribution in [2.24, 2.45) is 5.92 Å². The second kappa shape index (κ2) is 8.57. The first kappa shape index (κ1) is 18.9. The van der Waals surface area contributed by atoms with Crippen molar-refractivity contribution in [3.05, 3.63) is 34.8 Å². The van der Waals surface area contributed by atoms with Crippen molar-refractivity contribution in [1.29, 1.82) is 0 Å². The number of rotatable bonds is 7. The van der Waals surface area contributed by atoms with Crippen LogP contribution in [0.15, 0.2) is 24.3 Å². The summed E-state index contributed by atoms with van der Waals surface area (Å²) in [6.07, 6.45) is 0.756. The number of methoxy groups -OCH3 is 1. The Hall–Kier alpha value is -2.48. The summed E-state index contributed by atoms with van der Waals surface area (Å²) < 4.78 is 5.20. The maximum Gasteiger partial charge on any atom is 0.255 e. The number of benzene rings is 1. The minimum atomic E-state index is -0.702. The van der Waals surface area contributed by atoms with Crippen molar-refractivity contribution >= 4 is 28.3 Å². The van der Waals surface area contributed by atoms with Crippen LogP contribution in [0.3, 0.4) is 0 Å². The Kier molecular flexibility index (Phi) is 6.46. The van der Waals surface area contributed by atoms with E-state index < -0.39 is 6.04 Å². The molecule has 0 aliphatic rings. The maximum atomic E-state index is 12.6. The van der Waals surface area contributed by atoms with Crippen LogP contribution in [-0.4, -0.2) is 35.2 Å². The van der Waals surface area contributed by atoms with Crippen molar-refractivity contribution in [2.75, 3.05) is 12.4 Å². The summed E-state index contributed by atoms with van der Waals surface area (Å²) >= 11 is 1.32. The molecule has 0 saturated heterocycles. The van der Waals surface area contributed by atoms with E-state index in [9.17, 15) is 9.59 Å². The van der Waals surface area contributed by atoms with Gasteiger partial charge in [0.05, 0.1) is 12.7 Å². The van der Waals surface area contributed by atoms with Crippen molar-refractivity contribution in [3.63, 3.8) is 0 Å². The van der Waals surface area contributed by atoms with Crippen molar-refractivity contribution in [3.8, 4) is 5.75 Å². The van der Waals surface area contributed by atoms with Gasteiger partial charge in [0.25, 0.3) is 5.91 Å². The monoisotopic (exact) mass is 362 g/mol. The number of ether oxygens (including phenoxy) is 1. The van der Waals surface area contributed by atoms with E-state index in [-0.39, 0.29) is 17.7 Å². The van der Waals surface area contributed by atoms with Gasteiger partial charge in [-0.25, -0.2) is 0 Å². The molecular formula is C17H22N4O3S. The number of nitrogens with zero attached hydrogens (tertiary/aromatic N) is 2. The lowest BCUT2D eigenvalue weighted by atomic mass is 10.0. The summed E-state index contributed by atoms with van der Waals surface area (Å²) in [5, 5.41) is 14.7. The molecule has 1 heterocycles. The van der Waals surface area contributed by atoms with Crippen molar-refractivity contribution in [2.45, 2.75) is 33.2 Å². The lowest BCUT2D eigenvalue weighted by Crippen LogP contribution is -2.47. The van der Waals surface area contributed by atoms with Gasteiger partial charge in [0, 0.05) is 0 Å². The van der Waals surface area contributed by atoms with Gasteiger partial charge in [-0.1, -0.05) is 44.2 Å². The highest BCUT2D eigenvalue weighted by atomic mass is 32.1. The van der Waals surface area contributed by atoms with Gasteiger partial charge in [-0.15, -0.1) is 10.2 Å². The predicted molar refractivity (Wildman–Crippen MR) is 97.0 cm³/mol. The molecule has 7 nitrogen and oxygen atoms in total. The number of anilines is 1. The van der Waals surface area contributed by atoms with Gasteiger partial charge < -0.3 is 10.1 Å². The molecule has 2 aromatic rings. The normalized spacial score (nSPS) is 11.9. The third-order valence-electron chi connectivity index (χ3n) is 3.59. The molecule has 0 aliphatic heterocycles. The van der Waals surface area contributed by atoms with Crippen LogP contribution in [0.2, 0.25) is 0 Å². The van der Waals surface area contributed by atoms with Gasteiger partial charge in [-0.3, -0.25) is 14.9 Å². The Morgan fingerprint density at radius 2 is 1.96 bits per heavy atom. The summed E-state index contributed by atoms with van der Waals surface area (Å²) in [6.45, 7) is 5.70. The van der Waals surface area contributed by atoms with Crippen LogP contribution in [0.25, 0.3) is 0 Å². The predicted octanol–water partition coefficient (Wildman–Crippen LogP) is 2.50. The first-order chi connectivity index (χ1) is 12.0. The van der Waals surface area contributed by atoms with Crippen LogP contribution >= 0.6 is 11.3 Å². The number of nitrogens with one attached hydrogen (secondary N) is 2. The second-order valence-corrected chi connectivity index (χ2v) is 6.80. The Balaban J connectivity index is 2.11. The first-order valence-corrected chi connectivity index (χ1v) is 8.85. The topological polar surface area (TPSA) is 93.2 Å². The number of carbonyl (C=O) groups excluding carboxylic acids is 2. The number of aryl methyl sites for hydroxylation is 1. The molecule has 2 amide bonds. The minimum Gasteiger partial charge on any atom is -0.496 e. The Labute approximate surface area is 150 Å². The second-order valence-electron chi connectivity index (χ2n) is 5.74. The summed E-state index contributed by atoms with van der Waals surface area (Å²) in [6, 6.07) is 6.18. The molecule has 0 fully saturated rings. The average Bonchev–Trinajstić information content (AvgIpc) is 3.06. The fourth-order valence-electron chi connectivity index (χ4n) is 2.22. The lowest BCUT2D eigenvalue weighted by Gasteiger charge is -2.21. The SMILES string of the molecule is CCc1nnc(NC(=O)C(NC(=O)c2ccccc2OC)C(C)C)s1. The Morgan fingerprint density at radius 3 is 2.56 bits per heavy atom. The van der Waals surface area contributed by atoms with Crippen LogP contribution in [-0.2, 0) is 11.2 Å². The number of hydrogen-bond donors (Lipinski definition) is 2. The number of amides is 2. The maximum absolute atomic E-state index is 12.6. The molecule has 0 bridgehead atoms. The van der Waals surface area contributed by atoms with Crippen LogP contribution in [0.1, 0.15) is 36.1 Å². The molecule has 1 atom stereocenters. The first-order valence-electron chi connectivity index (χ1n) is 8.03. The lowest BCUT2D eigenvalue weighted by molar-refractivity contribution is -0.118. The molecule has 0 saturated carbocycles. The van der Waals surface area contributed by atoms with Gasteiger partial charge >= 0.3 is 0 Å². The number of para-hydroxylation sites is 1. The van der Waals surface area contributed by atoms with E-state index in [4.69, 9.17) is 4.74 Å². The molecule has 8 heteroatoms. The van der Waals surface area contributed by atoms with Crippen LogP contribution in [0, 0.1) is 5.92 Å². The third kappa shape index (κ3) is 4.76. The molecule has 0 spiro atoms. The molecule has 1 aromatic heterocycles. The zero-order valence-electron chi connectivity index (χ0n) is 14.7. The molecule has 2 N–H and O–H groups in total. The molecular weight excluding hydrogens is 340 g/mol. The fraction of sp³-hybridized carbons (Fsp3) is 0.412. The van der Waals surface area contributed by atoms with E-state index in [0.717, 1.165) is 11.4 Å². The van der Waals surface area contributed by atoms with Crippen LogP contribution in [0.4, 0.5) is 5.13 Å². The largest absolute Gasteiger partial charge is 0.496 e. The smallest absolute Gasteiger partial charge is 0.255 e. The van der Waals surface area contributed by atoms with E-state index in [1.54, 1.807) is 24.3 Å². The zero-order chi connectivity index (χ0) is 18.4. The zero-order valence-corrected chi connectivity index (χ0v) is 15.5. The van der Waals surface area contributed by atoms with Gasteiger partial charge in [-0.2, -0.15) is 0 Å². The highest BCUT2D eigenvalue weighted by molar-refractivity contribution is 7.15. The average molecular weight is 362 g/mol. The molecule has 0 aliphatic carbocycles. The summed E-state index contributed by atoms with van der Waals surface area (Å²) in [4.78, 5) is 25.1. The third-order valence-corrected chi connectivity index (χ3v) is 4.57. The standard InChI is InChI=1S/C17H22N4O3S/c1-5-13-20-21-17(25-13)19-16(23)14(10(2)3)18-15(22)11-8-6-7-9-12(11)24-4/h6-10,14H,5H2,1-4H3,(H,18,22)(H,19,21,23). The molecule has 1 aromatic carbocycles. The molecule has 0 radical (unpaired) electrons. The minimum absolute atomic E-state index is 0.0998. The van der Waals surface area contributed by atoms with Crippen molar-refractivity contribution in [1.82, 2.24) is 15.5 Å². The fourth-order valence-corrected chi connectivity index (χ4v) is 2.90. The molecule has 1 unspecified atom stereocenters. The Morgan fingerprint density at radius 1 is 1.24 bits per heavy atom. The number of hydrogen-bond acceptors (Lipinski definition) is 6. The van der Waals surface area contributed by atoms with E-state index in [1.165, 1.54) is 18.4 Å². The van der Waals surface area contributed by atoms with E-state index in [2.05, 4.69) is 20.8 Å². The highest BCUT2D eigenvalue weighted by Crippen LogP contribution is 2.19. The molecule has 2 rings (SSSR count). The quantitative estimate of drug-likeness (QED) is 0.789. The van der Waals surface area contributed by atoms with Crippen molar-refractivity contribution < 1.29 is 14.3 Å².